The molecule has 1 saturated heterocycles. The van der Waals surface area contributed by atoms with E-state index in [1.807, 2.05) is 24.3 Å². The Morgan fingerprint density at radius 1 is 1.56 bits per heavy atom. The quantitative estimate of drug-likeness (QED) is 0.876. The van der Waals surface area contributed by atoms with Crippen molar-refractivity contribution in [2.75, 3.05) is 5.75 Å². The third-order valence-corrected chi connectivity index (χ3v) is 3.65. The lowest BCUT2D eigenvalue weighted by Gasteiger charge is -2.21. The highest BCUT2D eigenvalue weighted by Crippen LogP contribution is 2.15. The SMILES string of the molecule is CC1CCSC(=NCc2cccc(Cl)c2)N1. The average Bonchev–Trinajstić information content (AvgIpc) is 2.27. The molecular weight excluding hydrogens is 240 g/mol. The minimum Gasteiger partial charge on any atom is -0.362 e. The van der Waals surface area contributed by atoms with Gasteiger partial charge < -0.3 is 5.32 Å². The lowest BCUT2D eigenvalue weighted by molar-refractivity contribution is 0.642. The van der Waals surface area contributed by atoms with E-state index in [0.29, 0.717) is 12.6 Å². The predicted octanol–water partition coefficient (Wildman–Crippen LogP) is 3.31. The van der Waals surface area contributed by atoms with E-state index in [9.17, 15) is 0 Å². The summed E-state index contributed by atoms with van der Waals surface area (Å²) in [6.45, 7) is 2.89. The maximum Gasteiger partial charge on any atom is 0.157 e. The summed E-state index contributed by atoms with van der Waals surface area (Å²) in [6.07, 6.45) is 1.21. The number of rotatable bonds is 2. The van der Waals surface area contributed by atoms with Gasteiger partial charge in [-0.2, -0.15) is 0 Å². The molecule has 1 heterocycles. The Labute approximate surface area is 105 Å². The van der Waals surface area contributed by atoms with E-state index >= 15 is 0 Å². The largest absolute Gasteiger partial charge is 0.362 e. The molecule has 0 spiro atoms. The summed E-state index contributed by atoms with van der Waals surface area (Å²) in [6, 6.07) is 8.39. The van der Waals surface area contributed by atoms with Gasteiger partial charge >= 0.3 is 0 Å². The van der Waals surface area contributed by atoms with Crippen molar-refractivity contribution in [1.82, 2.24) is 5.32 Å². The van der Waals surface area contributed by atoms with Gasteiger partial charge in [0.1, 0.15) is 0 Å². The number of halogens is 1. The minimum absolute atomic E-state index is 0.541. The van der Waals surface area contributed by atoms with Crippen LogP contribution >= 0.6 is 23.4 Å². The fraction of sp³-hybridized carbons (Fsp3) is 0.417. The van der Waals surface area contributed by atoms with E-state index in [1.165, 1.54) is 6.42 Å². The molecule has 0 radical (unpaired) electrons. The Balaban J connectivity index is 1.97. The number of aliphatic imine (C=N–C) groups is 1. The van der Waals surface area contributed by atoms with Gasteiger partial charge in [-0.3, -0.25) is 4.99 Å². The molecule has 16 heavy (non-hydrogen) atoms. The highest BCUT2D eigenvalue weighted by molar-refractivity contribution is 8.13. The van der Waals surface area contributed by atoms with Crippen LogP contribution in [0.25, 0.3) is 0 Å². The lowest BCUT2D eigenvalue weighted by atomic mass is 10.2. The summed E-state index contributed by atoms with van der Waals surface area (Å²) >= 11 is 7.72. The lowest BCUT2D eigenvalue weighted by Crippen LogP contribution is -2.35. The van der Waals surface area contributed by atoms with Crippen LogP contribution in [-0.2, 0) is 6.54 Å². The number of amidine groups is 1. The Morgan fingerprint density at radius 3 is 3.19 bits per heavy atom. The van der Waals surface area contributed by atoms with Gasteiger partial charge in [-0.05, 0) is 31.0 Å². The summed E-state index contributed by atoms with van der Waals surface area (Å²) in [5, 5.41) is 5.21. The molecule has 1 aromatic carbocycles. The van der Waals surface area contributed by atoms with Crippen molar-refractivity contribution in [2.24, 2.45) is 4.99 Å². The van der Waals surface area contributed by atoms with E-state index in [-0.39, 0.29) is 0 Å². The highest BCUT2D eigenvalue weighted by Gasteiger charge is 2.12. The standard InChI is InChI=1S/C12H15ClN2S/c1-9-5-6-16-12(15-9)14-8-10-3-2-4-11(13)7-10/h2-4,7,9H,5-6,8H2,1H3,(H,14,15). The molecule has 1 aliphatic rings. The molecule has 0 saturated carbocycles. The predicted molar refractivity (Wildman–Crippen MR) is 72.3 cm³/mol. The van der Waals surface area contributed by atoms with Crippen LogP contribution in [0.4, 0.5) is 0 Å². The molecule has 0 bridgehead atoms. The number of nitrogens with one attached hydrogen (secondary N) is 1. The molecule has 0 aromatic heterocycles. The maximum absolute atomic E-state index is 5.92. The number of benzene rings is 1. The Bertz CT molecular complexity index is 392. The van der Waals surface area contributed by atoms with Crippen LogP contribution in [0.5, 0.6) is 0 Å². The molecule has 86 valence electrons. The number of hydrogen-bond acceptors (Lipinski definition) is 2. The molecule has 1 atom stereocenters. The van der Waals surface area contributed by atoms with Crippen LogP contribution in [0, 0.1) is 0 Å². The molecule has 0 amide bonds. The zero-order valence-electron chi connectivity index (χ0n) is 9.24. The van der Waals surface area contributed by atoms with Crippen LogP contribution in [0.2, 0.25) is 5.02 Å². The molecule has 1 aromatic rings. The highest BCUT2D eigenvalue weighted by atomic mass is 35.5. The zero-order chi connectivity index (χ0) is 11.4. The van der Waals surface area contributed by atoms with Gasteiger partial charge in [-0.15, -0.1) is 0 Å². The second kappa shape index (κ2) is 5.60. The van der Waals surface area contributed by atoms with Crippen LogP contribution in [0.3, 0.4) is 0 Å². The van der Waals surface area contributed by atoms with Crippen molar-refractivity contribution in [3.05, 3.63) is 34.9 Å². The Hall–Kier alpha value is -0.670. The van der Waals surface area contributed by atoms with E-state index in [1.54, 1.807) is 11.8 Å². The summed E-state index contributed by atoms with van der Waals surface area (Å²) in [7, 11) is 0. The monoisotopic (exact) mass is 254 g/mol. The van der Waals surface area contributed by atoms with Crippen molar-refractivity contribution in [2.45, 2.75) is 25.9 Å². The molecule has 4 heteroatoms. The first-order valence-corrected chi connectivity index (χ1v) is 6.78. The van der Waals surface area contributed by atoms with E-state index < -0.39 is 0 Å². The van der Waals surface area contributed by atoms with Crippen molar-refractivity contribution in [1.29, 1.82) is 0 Å². The number of nitrogens with zero attached hydrogens (tertiary/aromatic N) is 1. The topological polar surface area (TPSA) is 24.4 Å². The number of hydrogen-bond donors (Lipinski definition) is 1. The van der Waals surface area contributed by atoms with E-state index in [0.717, 1.165) is 21.5 Å². The fourth-order valence-electron chi connectivity index (χ4n) is 1.55. The first kappa shape index (κ1) is 11.8. The van der Waals surface area contributed by atoms with Gasteiger partial charge in [0.25, 0.3) is 0 Å². The second-order valence-electron chi connectivity index (χ2n) is 3.93. The molecule has 1 fully saturated rings. The van der Waals surface area contributed by atoms with Crippen LogP contribution in [0.15, 0.2) is 29.3 Å². The molecular formula is C12H15ClN2S. The first-order chi connectivity index (χ1) is 7.74. The average molecular weight is 255 g/mol. The molecule has 2 rings (SSSR count). The maximum atomic E-state index is 5.92. The van der Waals surface area contributed by atoms with Crippen molar-refractivity contribution >= 4 is 28.5 Å². The second-order valence-corrected chi connectivity index (χ2v) is 5.45. The van der Waals surface area contributed by atoms with Gasteiger partial charge in [0.15, 0.2) is 5.17 Å². The van der Waals surface area contributed by atoms with Crippen LogP contribution in [-0.4, -0.2) is 17.0 Å². The Morgan fingerprint density at radius 2 is 2.44 bits per heavy atom. The molecule has 1 aliphatic heterocycles. The van der Waals surface area contributed by atoms with Gasteiger partial charge in [-0.1, -0.05) is 35.5 Å². The van der Waals surface area contributed by atoms with Gasteiger partial charge in [0.05, 0.1) is 6.54 Å². The third-order valence-electron chi connectivity index (χ3n) is 2.45. The van der Waals surface area contributed by atoms with Gasteiger partial charge in [-0.25, -0.2) is 0 Å². The normalized spacial score (nSPS) is 23.1. The van der Waals surface area contributed by atoms with Crippen molar-refractivity contribution < 1.29 is 0 Å². The smallest absolute Gasteiger partial charge is 0.157 e. The minimum atomic E-state index is 0.541. The Kier molecular flexibility index (Phi) is 4.13. The number of thioether (sulfide) groups is 1. The van der Waals surface area contributed by atoms with Crippen molar-refractivity contribution in [3.8, 4) is 0 Å². The van der Waals surface area contributed by atoms with Gasteiger partial charge in [0.2, 0.25) is 0 Å². The summed E-state index contributed by atoms with van der Waals surface area (Å²) in [4.78, 5) is 4.55. The summed E-state index contributed by atoms with van der Waals surface area (Å²) < 4.78 is 0. The fourth-order valence-corrected chi connectivity index (χ4v) is 2.86. The van der Waals surface area contributed by atoms with Gasteiger partial charge in [0, 0.05) is 16.8 Å². The summed E-state index contributed by atoms with van der Waals surface area (Å²) in [5.74, 6) is 1.16. The van der Waals surface area contributed by atoms with E-state index in [2.05, 4.69) is 17.2 Å². The summed E-state index contributed by atoms with van der Waals surface area (Å²) in [5.41, 5.74) is 1.15. The van der Waals surface area contributed by atoms with Crippen molar-refractivity contribution in [3.63, 3.8) is 0 Å². The van der Waals surface area contributed by atoms with Crippen LogP contribution < -0.4 is 5.32 Å². The first-order valence-electron chi connectivity index (χ1n) is 5.42. The molecule has 0 aliphatic carbocycles. The zero-order valence-corrected chi connectivity index (χ0v) is 10.8. The molecule has 1 N–H and O–H groups in total. The van der Waals surface area contributed by atoms with E-state index in [4.69, 9.17) is 11.6 Å². The molecule has 2 nitrogen and oxygen atoms in total. The molecule has 1 unspecified atom stereocenters. The third kappa shape index (κ3) is 3.42. The van der Waals surface area contributed by atoms with Crippen LogP contribution in [0.1, 0.15) is 18.9 Å².